The molecular weight excluding hydrogens is 288 g/mol. The van der Waals surface area contributed by atoms with Gasteiger partial charge in [-0.05, 0) is 36.2 Å². The maximum atomic E-state index is 4.64. The molecule has 0 aliphatic carbocycles. The summed E-state index contributed by atoms with van der Waals surface area (Å²) in [5.74, 6) is 0.643. The summed E-state index contributed by atoms with van der Waals surface area (Å²) in [5, 5.41) is 10.3. The molecule has 3 aromatic heterocycles. The lowest BCUT2D eigenvalue weighted by Crippen LogP contribution is -2.12. The third-order valence-electron chi connectivity index (χ3n) is 2.67. The van der Waals surface area contributed by atoms with Gasteiger partial charge in [0.15, 0.2) is 0 Å². The lowest BCUT2D eigenvalue weighted by molar-refractivity contribution is 0.875. The van der Waals surface area contributed by atoms with Gasteiger partial charge >= 0.3 is 0 Å². The molecule has 0 amide bonds. The number of nitrogens with zero attached hydrogens (tertiary/aromatic N) is 3. The SMILES string of the molecule is CC(C)Nc1ncc(-c2ccsc2)c(-c2nccs2)n1. The van der Waals surface area contributed by atoms with Crippen LogP contribution >= 0.6 is 22.7 Å². The van der Waals surface area contributed by atoms with Crippen LogP contribution in [0.2, 0.25) is 0 Å². The summed E-state index contributed by atoms with van der Waals surface area (Å²) in [6, 6.07) is 2.38. The quantitative estimate of drug-likeness (QED) is 0.786. The molecule has 0 spiro atoms. The maximum Gasteiger partial charge on any atom is 0.223 e. The second-order valence-corrected chi connectivity index (χ2v) is 6.28. The van der Waals surface area contributed by atoms with Crippen molar-refractivity contribution in [2.24, 2.45) is 0 Å². The Morgan fingerprint density at radius 2 is 2.10 bits per heavy atom. The Hall–Kier alpha value is -1.79. The number of aromatic nitrogens is 3. The summed E-state index contributed by atoms with van der Waals surface area (Å²) in [7, 11) is 0. The van der Waals surface area contributed by atoms with E-state index in [1.54, 1.807) is 28.9 Å². The van der Waals surface area contributed by atoms with Gasteiger partial charge in [-0.25, -0.2) is 15.0 Å². The van der Waals surface area contributed by atoms with E-state index in [4.69, 9.17) is 0 Å². The van der Waals surface area contributed by atoms with Gasteiger partial charge in [0.25, 0.3) is 0 Å². The lowest BCUT2D eigenvalue weighted by atomic mass is 10.1. The van der Waals surface area contributed by atoms with Crippen LogP contribution in [0, 0.1) is 0 Å². The van der Waals surface area contributed by atoms with Gasteiger partial charge in [0.2, 0.25) is 5.95 Å². The molecule has 0 aromatic carbocycles. The Bertz CT molecular complexity index is 675. The molecule has 3 heterocycles. The van der Waals surface area contributed by atoms with Crippen LogP contribution in [0.15, 0.2) is 34.6 Å². The fourth-order valence-corrected chi connectivity index (χ4v) is 3.14. The molecular formula is C14H14N4S2. The molecule has 6 heteroatoms. The number of thiazole rings is 1. The van der Waals surface area contributed by atoms with Crippen LogP contribution in [-0.4, -0.2) is 21.0 Å². The Balaban J connectivity index is 2.10. The topological polar surface area (TPSA) is 50.7 Å². The van der Waals surface area contributed by atoms with Crippen LogP contribution < -0.4 is 5.32 Å². The van der Waals surface area contributed by atoms with Crippen LogP contribution in [0.25, 0.3) is 21.8 Å². The Morgan fingerprint density at radius 1 is 1.20 bits per heavy atom. The summed E-state index contributed by atoms with van der Waals surface area (Å²) in [6.07, 6.45) is 3.67. The monoisotopic (exact) mass is 302 g/mol. The molecule has 0 radical (unpaired) electrons. The molecule has 0 saturated heterocycles. The molecule has 1 N–H and O–H groups in total. The number of nitrogens with one attached hydrogen (secondary N) is 1. The van der Waals surface area contributed by atoms with Gasteiger partial charge in [0.05, 0.1) is 0 Å². The summed E-state index contributed by atoms with van der Waals surface area (Å²) < 4.78 is 0. The normalized spacial score (nSPS) is 10.9. The van der Waals surface area contributed by atoms with Crippen LogP contribution in [0.4, 0.5) is 5.95 Å². The fourth-order valence-electron chi connectivity index (χ4n) is 1.84. The van der Waals surface area contributed by atoms with Crippen molar-refractivity contribution in [2.45, 2.75) is 19.9 Å². The molecule has 102 valence electrons. The highest BCUT2D eigenvalue weighted by Crippen LogP contribution is 2.32. The number of anilines is 1. The van der Waals surface area contributed by atoms with E-state index in [0.717, 1.165) is 21.8 Å². The first-order valence-corrected chi connectivity index (χ1v) is 8.12. The molecule has 3 aromatic rings. The summed E-state index contributed by atoms with van der Waals surface area (Å²) in [4.78, 5) is 13.4. The first kappa shape index (κ1) is 13.2. The molecule has 0 unspecified atom stereocenters. The standard InChI is InChI=1S/C14H14N4S2/c1-9(2)17-14-16-7-11(10-3-5-19-8-10)12(18-14)13-15-4-6-20-13/h3-9H,1-2H3,(H,16,17,18). The van der Waals surface area contributed by atoms with E-state index in [1.165, 1.54) is 0 Å². The fraction of sp³-hybridized carbons (Fsp3) is 0.214. The van der Waals surface area contributed by atoms with Crippen molar-refractivity contribution in [1.29, 1.82) is 0 Å². The van der Waals surface area contributed by atoms with Crippen molar-refractivity contribution >= 4 is 28.6 Å². The second kappa shape index (κ2) is 5.68. The first-order valence-electron chi connectivity index (χ1n) is 6.30. The molecule has 0 aliphatic heterocycles. The molecule has 0 aliphatic rings. The number of rotatable bonds is 4. The number of thiophene rings is 1. The molecule has 0 fully saturated rings. The van der Waals surface area contributed by atoms with Gasteiger partial charge in [-0.3, -0.25) is 0 Å². The number of hydrogen-bond donors (Lipinski definition) is 1. The van der Waals surface area contributed by atoms with E-state index < -0.39 is 0 Å². The first-order chi connectivity index (χ1) is 9.74. The molecule has 20 heavy (non-hydrogen) atoms. The third-order valence-corrected chi connectivity index (χ3v) is 4.14. The minimum absolute atomic E-state index is 0.297. The molecule has 3 rings (SSSR count). The molecule has 0 atom stereocenters. The Labute approximate surface area is 125 Å². The van der Waals surface area contributed by atoms with Crippen molar-refractivity contribution in [3.63, 3.8) is 0 Å². The average molecular weight is 302 g/mol. The van der Waals surface area contributed by atoms with E-state index in [0.29, 0.717) is 12.0 Å². The molecule has 0 bridgehead atoms. The molecule has 4 nitrogen and oxygen atoms in total. The zero-order valence-corrected chi connectivity index (χ0v) is 12.8. The van der Waals surface area contributed by atoms with Crippen LogP contribution in [-0.2, 0) is 0 Å². The average Bonchev–Trinajstić information content (AvgIpc) is 3.11. The van der Waals surface area contributed by atoms with Gasteiger partial charge in [0, 0.05) is 29.4 Å². The predicted molar refractivity (Wildman–Crippen MR) is 85.2 cm³/mol. The van der Waals surface area contributed by atoms with Crippen LogP contribution in [0.3, 0.4) is 0 Å². The summed E-state index contributed by atoms with van der Waals surface area (Å²) >= 11 is 3.26. The summed E-state index contributed by atoms with van der Waals surface area (Å²) in [6.45, 7) is 4.14. The predicted octanol–water partition coefficient (Wildman–Crippen LogP) is 4.15. The minimum atomic E-state index is 0.297. The van der Waals surface area contributed by atoms with Gasteiger partial charge < -0.3 is 5.32 Å². The van der Waals surface area contributed by atoms with E-state index >= 15 is 0 Å². The highest BCUT2D eigenvalue weighted by atomic mass is 32.1. The Kier molecular flexibility index (Phi) is 3.75. The number of hydrogen-bond acceptors (Lipinski definition) is 6. The van der Waals surface area contributed by atoms with Crippen molar-refractivity contribution < 1.29 is 0 Å². The van der Waals surface area contributed by atoms with Crippen molar-refractivity contribution in [3.8, 4) is 21.8 Å². The summed E-state index contributed by atoms with van der Waals surface area (Å²) in [5.41, 5.74) is 3.04. The largest absolute Gasteiger partial charge is 0.352 e. The van der Waals surface area contributed by atoms with E-state index in [9.17, 15) is 0 Å². The zero-order valence-electron chi connectivity index (χ0n) is 11.2. The van der Waals surface area contributed by atoms with Crippen LogP contribution in [0.1, 0.15) is 13.8 Å². The van der Waals surface area contributed by atoms with E-state index in [2.05, 4.69) is 50.9 Å². The van der Waals surface area contributed by atoms with Crippen molar-refractivity contribution in [1.82, 2.24) is 15.0 Å². The van der Waals surface area contributed by atoms with Crippen LogP contribution in [0.5, 0.6) is 0 Å². The maximum absolute atomic E-state index is 4.64. The van der Waals surface area contributed by atoms with Gasteiger partial charge in [0.1, 0.15) is 10.7 Å². The van der Waals surface area contributed by atoms with Gasteiger partial charge in [-0.15, -0.1) is 11.3 Å². The minimum Gasteiger partial charge on any atom is -0.352 e. The second-order valence-electron chi connectivity index (χ2n) is 4.60. The van der Waals surface area contributed by atoms with Crippen molar-refractivity contribution in [3.05, 3.63) is 34.6 Å². The third kappa shape index (κ3) is 2.71. The Morgan fingerprint density at radius 3 is 2.75 bits per heavy atom. The smallest absolute Gasteiger partial charge is 0.223 e. The van der Waals surface area contributed by atoms with Gasteiger partial charge in [-0.2, -0.15) is 11.3 Å². The van der Waals surface area contributed by atoms with E-state index in [-0.39, 0.29) is 0 Å². The lowest BCUT2D eigenvalue weighted by Gasteiger charge is -2.11. The highest BCUT2D eigenvalue weighted by molar-refractivity contribution is 7.13. The molecule has 0 saturated carbocycles. The highest BCUT2D eigenvalue weighted by Gasteiger charge is 2.14. The van der Waals surface area contributed by atoms with Gasteiger partial charge in [-0.1, -0.05) is 0 Å². The van der Waals surface area contributed by atoms with E-state index in [1.807, 2.05) is 11.6 Å². The van der Waals surface area contributed by atoms with Crippen molar-refractivity contribution in [2.75, 3.05) is 5.32 Å². The zero-order chi connectivity index (χ0) is 13.9.